The van der Waals surface area contributed by atoms with Crippen LogP contribution in [0.2, 0.25) is 0 Å². The van der Waals surface area contributed by atoms with E-state index in [2.05, 4.69) is 122 Å². The Morgan fingerprint density at radius 2 is 1.77 bits per heavy atom. The Morgan fingerprint density at radius 3 is 2.57 bits per heavy atom. The van der Waals surface area contributed by atoms with Gasteiger partial charge < -0.3 is 10.8 Å². The van der Waals surface area contributed by atoms with E-state index in [1.807, 2.05) is 13.1 Å². The molecule has 3 aromatic rings. The van der Waals surface area contributed by atoms with E-state index >= 15 is 0 Å². The lowest BCUT2D eigenvalue weighted by atomic mass is 9.74. The summed E-state index contributed by atoms with van der Waals surface area (Å²) in [5.74, 6) is 0.858. The first-order chi connectivity index (χ1) is 16.9. The largest absolute Gasteiger partial charge is 0.308 e. The van der Waals surface area contributed by atoms with Crippen LogP contribution in [0, 0.1) is 18.3 Å². The zero-order valence-electron chi connectivity index (χ0n) is 20.9. The standard InChI is InChI=1S/C32H33N3/c1-22-10-9-11-24(18-22)26-12-6-8-15-31(26)35(34-21-23(2)20-33)25-16-17-30-28(19-25)27-13-5-7-14-29(27)32(30,3)4/h5-21,27,29,33-34H,1-4H3/b23-21-,33-20?. The molecule has 0 bridgehead atoms. The van der Waals surface area contributed by atoms with E-state index in [4.69, 9.17) is 5.41 Å². The van der Waals surface area contributed by atoms with Gasteiger partial charge in [-0.05, 0) is 65.6 Å². The van der Waals surface area contributed by atoms with Crippen molar-refractivity contribution in [2.75, 3.05) is 5.01 Å². The van der Waals surface area contributed by atoms with Crippen LogP contribution >= 0.6 is 0 Å². The summed E-state index contributed by atoms with van der Waals surface area (Å²) in [6, 6.07) is 24.0. The predicted molar refractivity (Wildman–Crippen MR) is 148 cm³/mol. The summed E-state index contributed by atoms with van der Waals surface area (Å²) in [5.41, 5.74) is 13.0. The molecule has 35 heavy (non-hydrogen) atoms. The van der Waals surface area contributed by atoms with Crippen LogP contribution in [0.1, 0.15) is 43.4 Å². The molecule has 2 aliphatic rings. The molecule has 0 amide bonds. The third-order valence-electron chi connectivity index (χ3n) is 7.44. The monoisotopic (exact) mass is 459 g/mol. The van der Waals surface area contributed by atoms with Crippen molar-refractivity contribution in [2.45, 2.75) is 39.0 Å². The highest BCUT2D eigenvalue weighted by Gasteiger charge is 2.44. The van der Waals surface area contributed by atoms with Crippen molar-refractivity contribution in [3.63, 3.8) is 0 Å². The number of anilines is 2. The molecule has 0 fully saturated rings. The van der Waals surface area contributed by atoms with E-state index in [9.17, 15) is 0 Å². The third-order valence-corrected chi connectivity index (χ3v) is 7.44. The molecule has 0 aliphatic heterocycles. The molecule has 3 aromatic carbocycles. The number of fused-ring (bicyclic) bond motifs is 3. The summed E-state index contributed by atoms with van der Waals surface area (Å²) in [7, 11) is 0. The lowest BCUT2D eigenvalue weighted by Crippen LogP contribution is -2.30. The highest BCUT2D eigenvalue weighted by atomic mass is 15.5. The zero-order chi connectivity index (χ0) is 24.6. The fourth-order valence-corrected chi connectivity index (χ4v) is 5.54. The van der Waals surface area contributed by atoms with Crippen molar-refractivity contribution in [3.05, 3.63) is 119 Å². The van der Waals surface area contributed by atoms with Crippen molar-refractivity contribution >= 4 is 17.6 Å². The molecule has 176 valence electrons. The number of rotatable bonds is 6. The molecule has 2 atom stereocenters. The lowest BCUT2D eigenvalue weighted by Gasteiger charge is -2.29. The maximum absolute atomic E-state index is 7.64. The highest BCUT2D eigenvalue weighted by Crippen LogP contribution is 2.53. The first kappa shape index (κ1) is 22.9. The van der Waals surface area contributed by atoms with Crippen molar-refractivity contribution in [1.82, 2.24) is 5.43 Å². The first-order valence-corrected chi connectivity index (χ1v) is 12.3. The minimum absolute atomic E-state index is 0.0915. The molecule has 2 N–H and O–H groups in total. The number of benzene rings is 3. The minimum Gasteiger partial charge on any atom is -0.308 e. The Kier molecular flexibility index (Phi) is 5.94. The van der Waals surface area contributed by atoms with Gasteiger partial charge >= 0.3 is 0 Å². The number of para-hydroxylation sites is 1. The molecule has 3 heteroatoms. The second kappa shape index (κ2) is 9.07. The number of aryl methyl sites for hydroxylation is 1. The third kappa shape index (κ3) is 4.12. The Morgan fingerprint density at radius 1 is 0.971 bits per heavy atom. The molecule has 0 radical (unpaired) electrons. The number of nitrogens with one attached hydrogen (secondary N) is 2. The summed E-state index contributed by atoms with van der Waals surface area (Å²) in [4.78, 5) is 0. The number of hydrogen-bond donors (Lipinski definition) is 2. The van der Waals surface area contributed by atoms with Crippen molar-refractivity contribution < 1.29 is 0 Å². The SMILES string of the molecule is C/C(C=N)=C/NN(c1ccc2c(c1)C1C=CC=CC1C2(C)C)c1ccccc1-c1cccc(C)c1. The van der Waals surface area contributed by atoms with Gasteiger partial charge in [0.25, 0.3) is 0 Å². The molecule has 0 aromatic heterocycles. The van der Waals surface area contributed by atoms with E-state index in [-0.39, 0.29) is 5.41 Å². The van der Waals surface area contributed by atoms with Gasteiger partial charge in [-0.3, -0.25) is 5.01 Å². The van der Waals surface area contributed by atoms with Crippen molar-refractivity contribution in [3.8, 4) is 11.1 Å². The van der Waals surface area contributed by atoms with Gasteiger partial charge in [0.1, 0.15) is 0 Å². The lowest BCUT2D eigenvalue weighted by molar-refractivity contribution is 0.394. The van der Waals surface area contributed by atoms with Gasteiger partial charge in [-0.15, -0.1) is 0 Å². The molecule has 2 aliphatic carbocycles. The van der Waals surface area contributed by atoms with Crippen LogP contribution < -0.4 is 10.4 Å². The molecular formula is C32H33N3. The van der Waals surface area contributed by atoms with E-state index in [0.29, 0.717) is 11.8 Å². The molecule has 2 unspecified atom stereocenters. The van der Waals surface area contributed by atoms with Gasteiger partial charge in [0, 0.05) is 23.9 Å². The molecule has 0 heterocycles. The number of nitrogens with zero attached hydrogens (tertiary/aromatic N) is 1. The fraction of sp³-hybridized carbons (Fsp3) is 0.219. The van der Waals surface area contributed by atoms with E-state index in [1.165, 1.54) is 28.5 Å². The predicted octanol–water partition coefficient (Wildman–Crippen LogP) is 7.98. The topological polar surface area (TPSA) is 39.1 Å². The number of hydrazine groups is 1. The van der Waals surface area contributed by atoms with Crippen LogP contribution in [-0.2, 0) is 5.41 Å². The van der Waals surface area contributed by atoms with Crippen LogP contribution in [0.3, 0.4) is 0 Å². The normalized spacial score (nSPS) is 19.7. The minimum atomic E-state index is 0.0915. The van der Waals surface area contributed by atoms with Crippen molar-refractivity contribution in [1.29, 1.82) is 5.41 Å². The molecule has 5 rings (SSSR count). The van der Waals surface area contributed by atoms with Crippen LogP contribution in [-0.4, -0.2) is 6.21 Å². The Hall–Kier alpha value is -3.85. The summed E-state index contributed by atoms with van der Waals surface area (Å²) in [6.45, 7) is 8.78. The fourth-order valence-electron chi connectivity index (χ4n) is 5.54. The molecule has 0 spiro atoms. The van der Waals surface area contributed by atoms with Crippen LogP contribution in [0.4, 0.5) is 11.4 Å². The van der Waals surface area contributed by atoms with Gasteiger partial charge in [-0.2, -0.15) is 0 Å². The number of hydrogen-bond acceptors (Lipinski definition) is 3. The summed E-state index contributed by atoms with van der Waals surface area (Å²) in [5, 5.41) is 9.79. The zero-order valence-corrected chi connectivity index (χ0v) is 20.9. The van der Waals surface area contributed by atoms with Crippen LogP contribution in [0.15, 0.2) is 103 Å². The Balaban J connectivity index is 1.65. The van der Waals surface area contributed by atoms with E-state index in [0.717, 1.165) is 22.5 Å². The molecule has 0 saturated heterocycles. The second-order valence-corrected chi connectivity index (χ2v) is 10.2. The number of allylic oxidation sites excluding steroid dienone is 5. The van der Waals surface area contributed by atoms with Gasteiger partial charge in [-0.25, -0.2) is 0 Å². The Labute approximate surface area is 209 Å². The summed E-state index contributed by atoms with van der Waals surface area (Å²) in [6.07, 6.45) is 12.3. The van der Waals surface area contributed by atoms with Crippen molar-refractivity contribution in [2.24, 2.45) is 5.92 Å². The second-order valence-electron chi connectivity index (χ2n) is 10.2. The Bertz CT molecular complexity index is 1360. The maximum Gasteiger partial charge on any atom is 0.0708 e. The van der Waals surface area contributed by atoms with Gasteiger partial charge in [0.15, 0.2) is 0 Å². The van der Waals surface area contributed by atoms with Crippen LogP contribution in [0.5, 0.6) is 0 Å². The molecule has 0 saturated carbocycles. The average Bonchev–Trinajstić information content (AvgIpc) is 3.11. The summed E-state index contributed by atoms with van der Waals surface area (Å²) >= 11 is 0. The van der Waals surface area contributed by atoms with E-state index < -0.39 is 0 Å². The first-order valence-electron chi connectivity index (χ1n) is 12.3. The highest BCUT2D eigenvalue weighted by molar-refractivity contribution is 5.83. The molecular weight excluding hydrogens is 426 g/mol. The molecule has 3 nitrogen and oxygen atoms in total. The van der Waals surface area contributed by atoms with Gasteiger partial charge in [0.05, 0.1) is 11.4 Å². The van der Waals surface area contributed by atoms with Gasteiger partial charge in [-0.1, -0.05) is 92.2 Å². The average molecular weight is 460 g/mol. The van der Waals surface area contributed by atoms with Crippen LogP contribution in [0.25, 0.3) is 11.1 Å². The smallest absolute Gasteiger partial charge is 0.0708 e. The quantitative estimate of drug-likeness (QED) is 0.290. The summed E-state index contributed by atoms with van der Waals surface area (Å²) < 4.78 is 0. The maximum atomic E-state index is 7.64. The van der Waals surface area contributed by atoms with E-state index in [1.54, 1.807) is 0 Å². The van der Waals surface area contributed by atoms with Gasteiger partial charge in [0.2, 0.25) is 0 Å².